The smallest absolute Gasteiger partial charge is 0.311 e. The van der Waals surface area contributed by atoms with Gasteiger partial charge in [-0.05, 0) is 56.6 Å². The highest BCUT2D eigenvalue weighted by Gasteiger charge is 2.38. The van der Waals surface area contributed by atoms with Gasteiger partial charge in [-0.2, -0.15) is 0 Å². The fourth-order valence-electron chi connectivity index (χ4n) is 2.45. The maximum Gasteiger partial charge on any atom is 0.311 e. The van der Waals surface area contributed by atoms with Crippen LogP contribution in [0.2, 0.25) is 45.8 Å². The van der Waals surface area contributed by atoms with Crippen LogP contribution < -0.4 is 5.19 Å². The Morgan fingerprint density at radius 1 is 0.850 bits per heavy atom. The van der Waals surface area contributed by atoms with Crippen LogP contribution in [0.5, 0.6) is 0 Å². The van der Waals surface area contributed by atoms with Crippen molar-refractivity contribution in [2.45, 2.75) is 45.8 Å². The van der Waals surface area contributed by atoms with Crippen LogP contribution in [0.1, 0.15) is 5.56 Å². The summed E-state index contributed by atoms with van der Waals surface area (Å²) < 4.78 is 12.8. The van der Waals surface area contributed by atoms with Gasteiger partial charge in [-0.25, -0.2) is 0 Å². The molecule has 0 saturated carbocycles. The van der Waals surface area contributed by atoms with E-state index in [1.54, 1.807) is 0 Å². The van der Waals surface area contributed by atoms with Crippen LogP contribution in [-0.2, 0) is 8.23 Å². The Morgan fingerprint density at radius 3 is 1.75 bits per heavy atom. The number of benzene rings is 1. The van der Waals surface area contributed by atoms with Crippen LogP contribution in [0.4, 0.5) is 0 Å². The predicted octanol–water partition coefficient (Wildman–Crippen LogP) is 4.31. The maximum absolute atomic E-state index is 6.53. The van der Waals surface area contributed by atoms with Crippen molar-refractivity contribution >= 4 is 36.5 Å². The van der Waals surface area contributed by atoms with Gasteiger partial charge < -0.3 is 8.23 Å². The summed E-state index contributed by atoms with van der Waals surface area (Å²) >= 11 is 0. The summed E-state index contributed by atoms with van der Waals surface area (Å²) in [6.07, 6.45) is 1.87. The highest BCUT2D eigenvalue weighted by molar-refractivity contribution is 6.93. The van der Waals surface area contributed by atoms with Gasteiger partial charge in [-0.15, -0.1) is 0 Å². The molecule has 2 nitrogen and oxygen atoms in total. The number of hydrogen-bond donors (Lipinski definition) is 0. The minimum atomic E-state index is -2.08. The molecule has 0 radical (unpaired) electrons. The van der Waals surface area contributed by atoms with E-state index in [1.165, 1.54) is 5.19 Å². The summed E-state index contributed by atoms with van der Waals surface area (Å²) in [6.45, 7) is 19.3. The summed E-state index contributed by atoms with van der Waals surface area (Å²) in [5.41, 5.74) is 1.15. The van der Waals surface area contributed by atoms with Crippen molar-refractivity contribution in [2.75, 3.05) is 0 Å². The summed E-state index contributed by atoms with van der Waals surface area (Å²) in [5, 5.41) is 1.31. The van der Waals surface area contributed by atoms with E-state index < -0.39 is 25.2 Å². The first-order valence-electron chi connectivity index (χ1n) is 7.08. The Morgan fingerprint density at radius 2 is 1.35 bits per heavy atom. The zero-order valence-electron chi connectivity index (χ0n) is 13.9. The average molecular weight is 325 g/mol. The SMILES string of the molecule is C=Cc1ccc([Si](C)(C)O[Si](C)(C)O[Si](C)(C)C)cc1. The molecule has 0 fully saturated rings. The van der Waals surface area contributed by atoms with Crippen LogP contribution in [0.3, 0.4) is 0 Å². The topological polar surface area (TPSA) is 18.5 Å². The standard InChI is InChI=1S/C15H28O2Si3/c1-9-14-10-12-15(13-11-14)19(5,6)17-20(7,8)16-18(2,3)4/h9-13H,1H2,2-8H3. The molecule has 112 valence electrons. The Labute approximate surface area is 127 Å². The second-order valence-electron chi connectivity index (χ2n) is 7.05. The largest absolute Gasteiger partial charge is 0.437 e. The molecule has 0 unspecified atom stereocenters. The van der Waals surface area contributed by atoms with Gasteiger partial charge in [0.25, 0.3) is 0 Å². The van der Waals surface area contributed by atoms with Gasteiger partial charge >= 0.3 is 8.56 Å². The van der Waals surface area contributed by atoms with Crippen molar-refractivity contribution in [1.82, 2.24) is 0 Å². The zero-order valence-corrected chi connectivity index (χ0v) is 16.9. The lowest BCUT2D eigenvalue weighted by Crippen LogP contribution is -2.56. The van der Waals surface area contributed by atoms with E-state index >= 15 is 0 Å². The molecule has 0 amide bonds. The third-order valence-corrected chi connectivity index (χ3v) is 13.0. The Bertz CT molecular complexity index is 459. The Balaban J connectivity index is 2.89. The summed E-state index contributed by atoms with van der Waals surface area (Å²) in [6, 6.07) is 8.55. The van der Waals surface area contributed by atoms with E-state index in [2.05, 4.69) is 76.7 Å². The molecule has 0 heterocycles. The van der Waals surface area contributed by atoms with Crippen molar-refractivity contribution in [3.63, 3.8) is 0 Å². The summed E-state index contributed by atoms with van der Waals surface area (Å²) in [4.78, 5) is 0. The van der Waals surface area contributed by atoms with Crippen LogP contribution in [0.25, 0.3) is 6.08 Å². The first kappa shape index (κ1) is 17.6. The molecule has 0 aliphatic heterocycles. The number of hydrogen-bond acceptors (Lipinski definition) is 2. The minimum absolute atomic E-state index is 1.15. The summed E-state index contributed by atoms with van der Waals surface area (Å²) in [5.74, 6) is 0. The third-order valence-electron chi connectivity index (χ3n) is 2.89. The quantitative estimate of drug-likeness (QED) is 0.726. The fourth-order valence-corrected chi connectivity index (χ4v) is 15.2. The van der Waals surface area contributed by atoms with E-state index in [1.807, 2.05) is 6.08 Å². The second-order valence-corrected chi connectivity index (χ2v) is 19.3. The van der Waals surface area contributed by atoms with Gasteiger partial charge in [0.1, 0.15) is 0 Å². The van der Waals surface area contributed by atoms with E-state index in [9.17, 15) is 0 Å². The van der Waals surface area contributed by atoms with E-state index in [0.717, 1.165) is 5.56 Å². The molecule has 20 heavy (non-hydrogen) atoms. The highest BCUT2D eigenvalue weighted by atomic mass is 28.5. The van der Waals surface area contributed by atoms with Gasteiger partial charge in [0.15, 0.2) is 8.32 Å². The third kappa shape index (κ3) is 5.49. The molecule has 1 rings (SSSR count). The lowest BCUT2D eigenvalue weighted by Gasteiger charge is -2.37. The Kier molecular flexibility index (Phi) is 5.37. The van der Waals surface area contributed by atoms with Crippen LogP contribution in [0.15, 0.2) is 30.8 Å². The second kappa shape index (κ2) is 6.11. The highest BCUT2D eigenvalue weighted by Crippen LogP contribution is 2.20. The predicted molar refractivity (Wildman–Crippen MR) is 96.6 cm³/mol. The monoisotopic (exact) mass is 324 g/mol. The lowest BCUT2D eigenvalue weighted by atomic mass is 10.2. The van der Waals surface area contributed by atoms with Crippen molar-refractivity contribution in [2.24, 2.45) is 0 Å². The van der Waals surface area contributed by atoms with E-state index in [0.29, 0.717) is 0 Å². The molecule has 0 bridgehead atoms. The molecule has 0 aromatic heterocycles. The van der Waals surface area contributed by atoms with Gasteiger partial charge in [0.2, 0.25) is 8.32 Å². The minimum Gasteiger partial charge on any atom is -0.437 e. The van der Waals surface area contributed by atoms with Crippen molar-refractivity contribution in [3.05, 3.63) is 36.4 Å². The first-order chi connectivity index (χ1) is 8.95. The number of rotatable bonds is 6. The molecule has 0 atom stereocenters. The summed E-state index contributed by atoms with van der Waals surface area (Å²) in [7, 11) is -5.56. The van der Waals surface area contributed by atoms with E-state index in [4.69, 9.17) is 8.23 Å². The van der Waals surface area contributed by atoms with Crippen LogP contribution >= 0.6 is 0 Å². The van der Waals surface area contributed by atoms with Crippen LogP contribution in [-0.4, -0.2) is 25.2 Å². The molecule has 1 aromatic rings. The molecular formula is C15H28O2Si3. The normalized spacial score (nSPS) is 13.3. The van der Waals surface area contributed by atoms with E-state index in [-0.39, 0.29) is 0 Å². The molecule has 0 N–H and O–H groups in total. The average Bonchev–Trinajstić information content (AvgIpc) is 2.24. The molecular weight excluding hydrogens is 296 g/mol. The van der Waals surface area contributed by atoms with Gasteiger partial charge in [-0.3, -0.25) is 0 Å². The van der Waals surface area contributed by atoms with Gasteiger partial charge in [0, 0.05) is 0 Å². The zero-order chi connectivity index (χ0) is 15.6. The van der Waals surface area contributed by atoms with Gasteiger partial charge in [-0.1, -0.05) is 36.9 Å². The first-order valence-corrected chi connectivity index (χ1v) is 16.2. The van der Waals surface area contributed by atoms with Crippen molar-refractivity contribution in [3.8, 4) is 0 Å². The molecule has 0 aliphatic carbocycles. The fraction of sp³-hybridized carbons (Fsp3) is 0.467. The Hall–Kier alpha value is -0.469. The van der Waals surface area contributed by atoms with Crippen LogP contribution in [0, 0.1) is 0 Å². The molecule has 5 heteroatoms. The molecule has 1 aromatic carbocycles. The maximum atomic E-state index is 6.53. The van der Waals surface area contributed by atoms with Crippen molar-refractivity contribution in [1.29, 1.82) is 0 Å². The van der Waals surface area contributed by atoms with Crippen molar-refractivity contribution < 1.29 is 8.23 Å². The lowest BCUT2D eigenvalue weighted by molar-refractivity contribution is 0.398. The molecule has 0 aliphatic rings. The molecule has 0 saturated heterocycles. The van der Waals surface area contributed by atoms with Gasteiger partial charge in [0.05, 0.1) is 0 Å². The molecule has 0 spiro atoms.